The van der Waals surface area contributed by atoms with Crippen molar-refractivity contribution in [2.45, 2.75) is 13.0 Å². The Bertz CT molecular complexity index is 481. The van der Waals surface area contributed by atoms with Crippen LogP contribution >= 0.6 is 0 Å². The molecule has 0 saturated heterocycles. The van der Waals surface area contributed by atoms with E-state index in [1.165, 1.54) is 6.33 Å². The summed E-state index contributed by atoms with van der Waals surface area (Å²) in [6.07, 6.45) is 3.27. The molecule has 0 aromatic carbocycles. The molecule has 1 atom stereocenters. The van der Waals surface area contributed by atoms with Crippen molar-refractivity contribution in [2.24, 2.45) is 7.05 Å². The van der Waals surface area contributed by atoms with E-state index >= 15 is 0 Å². The number of nitrogens with zero attached hydrogens (tertiary/aromatic N) is 4. The van der Waals surface area contributed by atoms with Crippen LogP contribution in [-0.4, -0.2) is 39.4 Å². The van der Waals surface area contributed by atoms with Crippen molar-refractivity contribution >= 4 is 11.0 Å². The molecule has 1 N–H and O–H groups in total. The van der Waals surface area contributed by atoms with E-state index in [-0.39, 0.29) is 6.10 Å². The molecule has 0 radical (unpaired) electrons. The maximum absolute atomic E-state index is 5.71. The third-order valence-corrected chi connectivity index (χ3v) is 2.30. The smallest absolute Gasteiger partial charge is 0.228 e. The van der Waals surface area contributed by atoms with Gasteiger partial charge in [0.1, 0.15) is 17.8 Å². The number of hydrogen-bond donors (Lipinski definition) is 1. The number of aryl methyl sites for hydroxylation is 1. The Balaban J connectivity index is 2.30. The number of rotatable bonds is 4. The van der Waals surface area contributed by atoms with Gasteiger partial charge < -0.3 is 10.1 Å². The number of fused-ring (bicyclic) bond motifs is 1. The van der Waals surface area contributed by atoms with Crippen LogP contribution in [-0.2, 0) is 7.05 Å². The summed E-state index contributed by atoms with van der Waals surface area (Å²) in [5.74, 6) is 0.584. The van der Waals surface area contributed by atoms with Crippen LogP contribution < -0.4 is 10.1 Å². The normalized spacial score (nSPS) is 12.9. The van der Waals surface area contributed by atoms with Crippen LogP contribution in [0.15, 0.2) is 12.5 Å². The summed E-state index contributed by atoms with van der Waals surface area (Å²) in [5, 5.41) is 8.02. The molecule has 2 aromatic heterocycles. The van der Waals surface area contributed by atoms with Crippen molar-refractivity contribution in [3.05, 3.63) is 12.5 Å². The highest BCUT2D eigenvalue weighted by atomic mass is 16.5. The van der Waals surface area contributed by atoms with Gasteiger partial charge in [-0.05, 0) is 14.0 Å². The van der Waals surface area contributed by atoms with Gasteiger partial charge in [-0.25, -0.2) is 9.97 Å². The van der Waals surface area contributed by atoms with Crippen molar-refractivity contribution in [3.63, 3.8) is 0 Å². The lowest BCUT2D eigenvalue weighted by Crippen LogP contribution is -2.26. The second-order valence-electron chi connectivity index (χ2n) is 3.67. The predicted octanol–water partition coefficient (Wildman–Crippen LogP) is 0.350. The molecule has 2 aromatic rings. The van der Waals surface area contributed by atoms with E-state index in [4.69, 9.17) is 4.74 Å². The number of likely N-dealkylation sites (N-methyl/N-ethyl adjacent to an activating group) is 1. The van der Waals surface area contributed by atoms with Gasteiger partial charge in [0.25, 0.3) is 0 Å². The maximum atomic E-state index is 5.71. The van der Waals surface area contributed by atoms with Gasteiger partial charge in [-0.1, -0.05) is 0 Å². The fourth-order valence-electron chi connectivity index (χ4n) is 1.55. The number of nitrogens with one attached hydrogen (secondary N) is 1. The highest BCUT2D eigenvalue weighted by Gasteiger charge is 2.11. The van der Waals surface area contributed by atoms with Gasteiger partial charge in [-0.3, -0.25) is 4.68 Å². The van der Waals surface area contributed by atoms with Gasteiger partial charge >= 0.3 is 0 Å². The molecule has 0 aliphatic heterocycles. The molecule has 0 aliphatic carbocycles. The van der Waals surface area contributed by atoms with E-state index in [1.54, 1.807) is 10.9 Å². The molecule has 0 spiro atoms. The van der Waals surface area contributed by atoms with Crippen molar-refractivity contribution in [1.82, 2.24) is 25.1 Å². The monoisotopic (exact) mass is 221 g/mol. The second kappa shape index (κ2) is 4.44. The van der Waals surface area contributed by atoms with Crippen molar-refractivity contribution in [2.75, 3.05) is 13.6 Å². The zero-order valence-corrected chi connectivity index (χ0v) is 9.64. The Labute approximate surface area is 93.6 Å². The molecule has 86 valence electrons. The minimum atomic E-state index is 0.0586. The Kier molecular flexibility index (Phi) is 3.00. The van der Waals surface area contributed by atoms with Gasteiger partial charge in [0.15, 0.2) is 5.65 Å². The molecule has 2 heterocycles. The summed E-state index contributed by atoms with van der Waals surface area (Å²) in [5.41, 5.74) is 0.779. The molecule has 0 amide bonds. The van der Waals surface area contributed by atoms with E-state index in [1.807, 2.05) is 21.0 Å². The minimum absolute atomic E-state index is 0.0586. The van der Waals surface area contributed by atoms with Crippen molar-refractivity contribution in [3.8, 4) is 5.88 Å². The van der Waals surface area contributed by atoms with E-state index in [0.717, 1.165) is 17.6 Å². The SMILES string of the molecule is CNCC(C)Oc1ncnc2c1cnn2C. The van der Waals surface area contributed by atoms with Crippen LogP contribution in [0.25, 0.3) is 11.0 Å². The number of hydrogen-bond acceptors (Lipinski definition) is 5. The van der Waals surface area contributed by atoms with Crippen LogP contribution in [0.1, 0.15) is 6.92 Å². The van der Waals surface area contributed by atoms with Gasteiger partial charge in [-0.2, -0.15) is 5.10 Å². The third-order valence-electron chi connectivity index (χ3n) is 2.30. The lowest BCUT2D eigenvalue weighted by molar-refractivity contribution is 0.214. The minimum Gasteiger partial charge on any atom is -0.473 e. The zero-order valence-electron chi connectivity index (χ0n) is 9.64. The first-order valence-corrected chi connectivity index (χ1v) is 5.16. The van der Waals surface area contributed by atoms with Gasteiger partial charge in [-0.15, -0.1) is 0 Å². The predicted molar refractivity (Wildman–Crippen MR) is 60.3 cm³/mol. The molecule has 6 nitrogen and oxygen atoms in total. The Morgan fingerprint density at radius 3 is 3.06 bits per heavy atom. The van der Waals surface area contributed by atoms with E-state index < -0.39 is 0 Å². The molecule has 0 saturated carbocycles. The standard InChI is InChI=1S/C10H15N5O/c1-7(4-11-2)16-10-8-5-14-15(3)9(8)12-6-13-10/h5-7,11H,4H2,1-3H3. The molecule has 6 heteroatoms. The fourth-order valence-corrected chi connectivity index (χ4v) is 1.55. The molecule has 0 fully saturated rings. The summed E-state index contributed by atoms with van der Waals surface area (Å²) in [7, 11) is 3.73. The molecular weight excluding hydrogens is 206 g/mol. The molecule has 1 unspecified atom stereocenters. The van der Waals surface area contributed by atoms with E-state index in [9.17, 15) is 0 Å². The Morgan fingerprint density at radius 2 is 2.31 bits per heavy atom. The summed E-state index contributed by atoms with van der Waals surface area (Å²) in [6.45, 7) is 2.76. The topological polar surface area (TPSA) is 64.9 Å². The molecule has 16 heavy (non-hydrogen) atoms. The fraction of sp³-hybridized carbons (Fsp3) is 0.500. The number of ether oxygens (including phenoxy) is 1. The highest BCUT2D eigenvalue weighted by molar-refractivity contribution is 5.79. The van der Waals surface area contributed by atoms with Crippen molar-refractivity contribution in [1.29, 1.82) is 0 Å². The van der Waals surface area contributed by atoms with Crippen LogP contribution in [0.2, 0.25) is 0 Å². The number of aromatic nitrogens is 4. The first-order valence-electron chi connectivity index (χ1n) is 5.16. The summed E-state index contributed by atoms with van der Waals surface area (Å²) >= 11 is 0. The third kappa shape index (κ3) is 1.96. The quantitative estimate of drug-likeness (QED) is 0.807. The molecule has 0 aliphatic rings. The summed E-state index contributed by atoms with van der Waals surface area (Å²) in [6, 6.07) is 0. The Morgan fingerprint density at radius 1 is 1.50 bits per heavy atom. The molecule has 0 bridgehead atoms. The largest absolute Gasteiger partial charge is 0.473 e. The summed E-state index contributed by atoms with van der Waals surface area (Å²) < 4.78 is 7.42. The second-order valence-corrected chi connectivity index (χ2v) is 3.67. The lowest BCUT2D eigenvalue weighted by atomic mass is 10.4. The van der Waals surface area contributed by atoms with Gasteiger partial charge in [0.2, 0.25) is 5.88 Å². The van der Waals surface area contributed by atoms with Gasteiger partial charge in [0.05, 0.1) is 6.20 Å². The van der Waals surface area contributed by atoms with E-state index in [0.29, 0.717) is 5.88 Å². The average Bonchev–Trinajstić information content (AvgIpc) is 2.62. The summed E-state index contributed by atoms with van der Waals surface area (Å²) in [4.78, 5) is 8.28. The average molecular weight is 221 g/mol. The van der Waals surface area contributed by atoms with Crippen LogP contribution in [0, 0.1) is 0 Å². The van der Waals surface area contributed by atoms with E-state index in [2.05, 4.69) is 20.4 Å². The van der Waals surface area contributed by atoms with Crippen molar-refractivity contribution < 1.29 is 4.74 Å². The first kappa shape index (κ1) is 10.8. The van der Waals surface area contributed by atoms with Crippen LogP contribution in [0.5, 0.6) is 5.88 Å². The van der Waals surface area contributed by atoms with Crippen LogP contribution in [0.4, 0.5) is 0 Å². The zero-order chi connectivity index (χ0) is 11.5. The lowest BCUT2D eigenvalue weighted by Gasteiger charge is -2.13. The molecular formula is C10H15N5O. The van der Waals surface area contributed by atoms with Crippen LogP contribution in [0.3, 0.4) is 0 Å². The Hall–Kier alpha value is -1.69. The highest BCUT2D eigenvalue weighted by Crippen LogP contribution is 2.20. The first-order chi connectivity index (χ1) is 7.72. The molecule has 2 rings (SSSR count). The maximum Gasteiger partial charge on any atom is 0.228 e. The van der Waals surface area contributed by atoms with Gasteiger partial charge in [0, 0.05) is 13.6 Å².